The van der Waals surface area contributed by atoms with E-state index >= 15 is 0 Å². The second-order valence-corrected chi connectivity index (χ2v) is 4.55. The van der Waals surface area contributed by atoms with E-state index in [-0.39, 0.29) is 24.5 Å². The molecule has 1 unspecified atom stereocenters. The molecule has 0 heterocycles. The summed E-state index contributed by atoms with van der Waals surface area (Å²) in [4.78, 5) is 13.9. The van der Waals surface area contributed by atoms with Gasteiger partial charge in [-0.3, -0.25) is 4.79 Å². The normalized spacial score (nSPS) is 12.8. The van der Waals surface area contributed by atoms with E-state index in [0.717, 1.165) is 12.8 Å². The zero-order chi connectivity index (χ0) is 13.3. The molecule has 1 N–H and O–H groups in total. The molecule has 0 saturated heterocycles. The van der Waals surface area contributed by atoms with Crippen LogP contribution < -0.4 is 0 Å². The number of aliphatic hydroxyl groups excluding tert-OH is 1. The molecule has 0 fully saturated rings. The first-order valence-electron chi connectivity index (χ1n) is 6.49. The van der Waals surface area contributed by atoms with Crippen molar-refractivity contribution in [1.82, 2.24) is 4.90 Å². The van der Waals surface area contributed by atoms with Gasteiger partial charge in [-0.1, -0.05) is 20.8 Å². The lowest BCUT2D eigenvalue weighted by Gasteiger charge is -2.31. The molecule has 0 aliphatic rings. The highest BCUT2D eigenvalue weighted by atomic mass is 16.5. The summed E-state index contributed by atoms with van der Waals surface area (Å²) in [5.74, 6) is 0.348. The zero-order valence-electron chi connectivity index (χ0n) is 11.6. The summed E-state index contributed by atoms with van der Waals surface area (Å²) in [6.45, 7) is 7.22. The highest BCUT2D eigenvalue weighted by molar-refractivity contribution is 5.76. The predicted octanol–water partition coefficient (Wildman–Crippen LogP) is 1.67. The van der Waals surface area contributed by atoms with Crippen LogP contribution >= 0.6 is 0 Å². The molecule has 0 aromatic carbocycles. The Hall–Kier alpha value is -0.610. The summed E-state index contributed by atoms with van der Waals surface area (Å²) in [7, 11) is 1.65. The first-order chi connectivity index (χ1) is 8.10. The zero-order valence-corrected chi connectivity index (χ0v) is 11.6. The summed E-state index contributed by atoms with van der Waals surface area (Å²) in [5, 5.41) is 9.04. The van der Waals surface area contributed by atoms with E-state index in [2.05, 4.69) is 13.8 Å². The van der Waals surface area contributed by atoms with Crippen molar-refractivity contribution in [2.24, 2.45) is 5.92 Å². The molecule has 102 valence electrons. The number of amides is 1. The fourth-order valence-electron chi connectivity index (χ4n) is 2.11. The van der Waals surface area contributed by atoms with E-state index in [9.17, 15) is 4.79 Å². The van der Waals surface area contributed by atoms with Crippen LogP contribution in [0.2, 0.25) is 0 Å². The number of hydrogen-bond donors (Lipinski definition) is 1. The van der Waals surface area contributed by atoms with Gasteiger partial charge in [0.15, 0.2) is 0 Å². The summed E-state index contributed by atoms with van der Waals surface area (Å²) >= 11 is 0. The molecule has 1 amide bonds. The van der Waals surface area contributed by atoms with E-state index in [0.29, 0.717) is 19.6 Å². The number of carbonyl (C=O) groups is 1. The van der Waals surface area contributed by atoms with Crippen LogP contribution in [0.1, 0.15) is 40.0 Å². The van der Waals surface area contributed by atoms with Crippen LogP contribution in [-0.2, 0) is 9.53 Å². The molecule has 0 saturated carbocycles. The minimum Gasteiger partial charge on any atom is -0.395 e. The van der Waals surface area contributed by atoms with Gasteiger partial charge in [0, 0.05) is 32.7 Å². The first-order valence-corrected chi connectivity index (χ1v) is 6.49. The Labute approximate surface area is 105 Å². The molecule has 1 atom stereocenters. The third-order valence-electron chi connectivity index (χ3n) is 3.02. The number of rotatable bonds is 9. The van der Waals surface area contributed by atoms with Crippen molar-refractivity contribution in [1.29, 1.82) is 0 Å². The number of methoxy groups -OCH3 is 1. The Morgan fingerprint density at radius 2 is 1.94 bits per heavy atom. The maximum absolute atomic E-state index is 12.1. The third kappa shape index (κ3) is 6.03. The summed E-state index contributed by atoms with van der Waals surface area (Å²) in [6.07, 6.45) is 2.35. The Kier molecular flexibility index (Phi) is 9.09. The summed E-state index contributed by atoms with van der Waals surface area (Å²) in [6, 6.07) is 0.240. The van der Waals surface area contributed by atoms with Gasteiger partial charge in [-0.2, -0.15) is 0 Å². The number of nitrogens with zero attached hydrogens (tertiary/aromatic N) is 1. The van der Waals surface area contributed by atoms with E-state index < -0.39 is 0 Å². The fraction of sp³-hybridized carbons (Fsp3) is 0.923. The summed E-state index contributed by atoms with van der Waals surface area (Å²) < 4.78 is 5.04. The Morgan fingerprint density at radius 1 is 1.35 bits per heavy atom. The highest BCUT2D eigenvalue weighted by Crippen LogP contribution is 2.13. The Bertz CT molecular complexity index is 205. The van der Waals surface area contributed by atoms with Crippen molar-refractivity contribution in [2.75, 3.05) is 26.9 Å². The van der Waals surface area contributed by atoms with E-state index in [4.69, 9.17) is 9.84 Å². The number of carbonyl (C=O) groups excluding carboxylic acids is 1. The lowest BCUT2D eigenvalue weighted by molar-refractivity contribution is -0.135. The lowest BCUT2D eigenvalue weighted by Crippen LogP contribution is -2.42. The number of hydrogen-bond acceptors (Lipinski definition) is 3. The van der Waals surface area contributed by atoms with Gasteiger partial charge in [-0.25, -0.2) is 0 Å². The quantitative estimate of drug-likeness (QED) is 0.672. The largest absolute Gasteiger partial charge is 0.395 e. The molecule has 0 aromatic rings. The minimum absolute atomic E-state index is 0.0287. The molecule has 0 aromatic heterocycles. The van der Waals surface area contributed by atoms with Crippen LogP contribution in [0.4, 0.5) is 0 Å². The molecule has 0 bridgehead atoms. The molecule has 0 radical (unpaired) electrons. The second kappa shape index (κ2) is 9.42. The molecule has 0 spiro atoms. The van der Waals surface area contributed by atoms with E-state index in [1.165, 1.54) is 0 Å². The average Bonchev–Trinajstić information content (AvgIpc) is 2.29. The van der Waals surface area contributed by atoms with Gasteiger partial charge in [0.05, 0.1) is 6.61 Å². The fourth-order valence-corrected chi connectivity index (χ4v) is 2.11. The smallest absolute Gasteiger partial charge is 0.223 e. The van der Waals surface area contributed by atoms with Gasteiger partial charge in [-0.15, -0.1) is 0 Å². The van der Waals surface area contributed by atoms with Gasteiger partial charge in [-0.05, 0) is 18.8 Å². The van der Waals surface area contributed by atoms with Crippen molar-refractivity contribution in [2.45, 2.75) is 46.1 Å². The molecule has 0 aliphatic carbocycles. The van der Waals surface area contributed by atoms with E-state index in [1.807, 2.05) is 11.8 Å². The molecule has 0 aliphatic heterocycles. The number of ether oxygens (including phenoxy) is 1. The lowest BCUT2D eigenvalue weighted by atomic mass is 10.1. The topological polar surface area (TPSA) is 49.8 Å². The Balaban J connectivity index is 4.42. The molecule has 4 nitrogen and oxygen atoms in total. The molecular weight excluding hydrogens is 218 g/mol. The standard InChI is InChI=1S/C13H27NO3/c1-5-12(6-2)14(7-8-15)13(16)9-11(3)10-17-4/h11-12,15H,5-10H2,1-4H3. The maximum Gasteiger partial charge on any atom is 0.223 e. The van der Waals surface area contributed by atoms with Gasteiger partial charge < -0.3 is 14.7 Å². The van der Waals surface area contributed by atoms with Crippen molar-refractivity contribution in [3.8, 4) is 0 Å². The second-order valence-electron chi connectivity index (χ2n) is 4.55. The summed E-state index contributed by atoms with van der Waals surface area (Å²) in [5.41, 5.74) is 0. The van der Waals surface area contributed by atoms with Crippen LogP contribution in [0.15, 0.2) is 0 Å². The van der Waals surface area contributed by atoms with Crippen LogP contribution in [0.3, 0.4) is 0 Å². The van der Waals surface area contributed by atoms with Crippen LogP contribution in [0.5, 0.6) is 0 Å². The van der Waals surface area contributed by atoms with Crippen molar-refractivity contribution < 1.29 is 14.6 Å². The maximum atomic E-state index is 12.1. The van der Waals surface area contributed by atoms with Crippen LogP contribution in [0.25, 0.3) is 0 Å². The molecule has 0 rings (SSSR count). The SMILES string of the molecule is CCC(CC)N(CCO)C(=O)CC(C)COC. The predicted molar refractivity (Wildman–Crippen MR) is 68.8 cm³/mol. The number of aliphatic hydroxyl groups is 1. The Morgan fingerprint density at radius 3 is 2.35 bits per heavy atom. The van der Waals surface area contributed by atoms with Crippen LogP contribution in [-0.4, -0.2) is 48.8 Å². The average molecular weight is 245 g/mol. The van der Waals surface area contributed by atoms with E-state index in [1.54, 1.807) is 7.11 Å². The van der Waals surface area contributed by atoms with Gasteiger partial charge >= 0.3 is 0 Å². The van der Waals surface area contributed by atoms with Gasteiger partial charge in [0.2, 0.25) is 5.91 Å². The molecular formula is C13H27NO3. The van der Waals surface area contributed by atoms with Gasteiger partial charge in [0.1, 0.15) is 0 Å². The van der Waals surface area contributed by atoms with Gasteiger partial charge in [0.25, 0.3) is 0 Å². The third-order valence-corrected chi connectivity index (χ3v) is 3.02. The van der Waals surface area contributed by atoms with Crippen molar-refractivity contribution in [3.05, 3.63) is 0 Å². The molecule has 17 heavy (non-hydrogen) atoms. The minimum atomic E-state index is 0.0287. The van der Waals surface area contributed by atoms with Crippen LogP contribution in [0, 0.1) is 5.92 Å². The van der Waals surface area contributed by atoms with Crippen molar-refractivity contribution >= 4 is 5.91 Å². The van der Waals surface area contributed by atoms with Crippen molar-refractivity contribution in [3.63, 3.8) is 0 Å². The molecule has 4 heteroatoms. The monoisotopic (exact) mass is 245 g/mol. The highest BCUT2D eigenvalue weighted by Gasteiger charge is 2.21. The first kappa shape index (κ1) is 16.4.